The number of hydrogen-bond donors (Lipinski definition) is 1. The smallest absolute Gasteiger partial charge is 0.411 e. The summed E-state index contributed by atoms with van der Waals surface area (Å²) in [7, 11) is 1.27. The van der Waals surface area contributed by atoms with E-state index in [0.717, 1.165) is 0 Å². The Morgan fingerprint density at radius 3 is 2.65 bits per heavy atom. The van der Waals surface area contributed by atoms with Crippen LogP contribution in [0.3, 0.4) is 0 Å². The summed E-state index contributed by atoms with van der Waals surface area (Å²) < 4.78 is 9.89. The molecule has 6 heteroatoms. The molecular weight excluding hydrogens is 290 g/mol. The number of hydrogen-bond acceptors (Lipinski definition) is 4. The summed E-state index contributed by atoms with van der Waals surface area (Å²) in [6.45, 7) is 2.05. The summed E-state index contributed by atoms with van der Waals surface area (Å²) in [5.74, 6) is -0.405. The van der Waals surface area contributed by atoms with Crippen LogP contribution in [0.15, 0.2) is 22.7 Å². The highest BCUT2D eigenvalue weighted by molar-refractivity contribution is 9.10. The molecule has 0 saturated heterocycles. The minimum absolute atomic E-state index is 0.318. The summed E-state index contributed by atoms with van der Waals surface area (Å²) in [5, 5.41) is 2.50. The lowest BCUT2D eigenvalue weighted by molar-refractivity contribution is 0.0526. The standard InChI is InChI=1S/C11H12BrNO4/c1-3-17-10(14)7-4-5-9(8(12)6-7)13-11(15)16-2/h4-6H,3H2,1-2H3,(H,13,15). The first kappa shape index (κ1) is 13.5. The SMILES string of the molecule is CCOC(=O)c1ccc(NC(=O)OC)c(Br)c1. The molecule has 1 aromatic carbocycles. The highest BCUT2D eigenvalue weighted by Gasteiger charge is 2.10. The number of anilines is 1. The topological polar surface area (TPSA) is 64.6 Å². The van der Waals surface area contributed by atoms with Crippen molar-refractivity contribution in [3.8, 4) is 0 Å². The van der Waals surface area contributed by atoms with Crippen molar-refractivity contribution in [3.05, 3.63) is 28.2 Å². The van der Waals surface area contributed by atoms with Gasteiger partial charge in [0.05, 0.1) is 25.0 Å². The Hall–Kier alpha value is -1.56. The fourth-order valence-electron chi connectivity index (χ4n) is 1.12. The van der Waals surface area contributed by atoms with Crippen molar-refractivity contribution in [2.45, 2.75) is 6.92 Å². The lowest BCUT2D eigenvalue weighted by atomic mass is 10.2. The second-order valence-corrected chi connectivity index (χ2v) is 3.89. The lowest BCUT2D eigenvalue weighted by Gasteiger charge is -2.07. The van der Waals surface area contributed by atoms with E-state index in [1.807, 2.05) is 0 Å². The van der Waals surface area contributed by atoms with Crippen molar-refractivity contribution in [1.82, 2.24) is 0 Å². The minimum Gasteiger partial charge on any atom is -0.462 e. The Kier molecular flexibility index (Phi) is 4.96. The third kappa shape index (κ3) is 3.74. The molecule has 0 saturated carbocycles. The molecule has 0 heterocycles. The van der Waals surface area contributed by atoms with Crippen molar-refractivity contribution in [2.24, 2.45) is 0 Å². The fraction of sp³-hybridized carbons (Fsp3) is 0.273. The second-order valence-electron chi connectivity index (χ2n) is 3.03. The zero-order chi connectivity index (χ0) is 12.8. The van der Waals surface area contributed by atoms with E-state index in [9.17, 15) is 9.59 Å². The molecule has 0 aliphatic rings. The molecule has 0 spiro atoms. The largest absolute Gasteiger partial charge is 0.462 e. The van der Waals surface area contributed by atoms with Gasteiger partial charge in [0.2, 0.25) is 0 Å². The molecule has 1 aromatic rings. The van der Waals surface area contributed by atoms with Crippen LogP contribution in [0.25, 0.3) is 0 Å². The Balaban J connectivity index is 2.86. The first-order chi connectivity index (χ1) is 8.08. The van der Waals surface area contributed by atoms with Crippen molar-refractivity contribution >= 4 is 33.7 Å². The van der Waals surface area contributed by atoms with E-state index < -0.39 is 12.1 Å². The first-order valence-corrected chi connectivity index (χ1v) is 5.69. The molecule has 0 aliphatic heterocycles. The molecule has 0 atom stereocenters. The number of benzene rings is 1. The molecule has 0 aliphatic carbocycles. The van der Waals surface area contributed by atoms with Crippen LogP contribution in [0.1, 0.15) is 17.3 Å². The van der Waals surface area contributed by atoms with Gasteiger partial charge in [-0.2, -0.15) is 0 Å². The zero-order valence-electron chi connectivity index (χ0n) is 9.45. The number of ether oxygens (including phenoxy) is 2. The average molecular weight is 302 g/mol. The number of halogens is 1. The molecule has 0 unspecified atom stereocenters. The Bertz CT molecular complexity index is 433. The third-order valence-electron chi connectivity index (χ3n) is 1.90. The lowest BCUT2D eigenvalue weighted by Crippen LogP contribution is -2.12. The Morgan fingerprint density at radius 1 is 1.41 bits per heavy atom. The highest BCUT2D eigenvalue weighted by atomic mass is 79.9. The van der Waals surface area contributed by atoms with Gasteiger partial charge in [-0.05, 0) is 41.1 Å². The van der Waals surface area contributed by atoms with Gasteiger partial charge in [-0.25, -0.2) is 9.59 Å². The van der Waals surface area contributed by atoms with Gasteiger partial charge in [0, 0.05) is 4.47 Å². The van der Waals surface area contributed by atoms with Crippen molar-refractivity contribution in [2.75, 3.05) is 19.0 Å². The molecule has 92 valence electrons. The van der Waals surface area contributed by atoms with Gasteiger partial charge in [-0.3, -0.25) is 5.32 Å². The minimum atomic E-state index is -0.574. The van der Waals surface area contributed by atoms with Gasteiger partial charge in [-0.15, -0.1) is 0 Å². The summed E-state index contributed by atoms with van der Waals surface area (Å²) >= 11 is 3.25. The molecule has 1 rings (SSSR count). The molecule has 17 heavy (non-hydrogen) atoms. The quantitative estimate of drug-likeness (QED) is 0.872. The van der Waals surface area contributed by atoms with E-state index >= 15 is 0 Å². The molecule has 0 radical (unpaired) electrons. The number of carbonyl (C=O) groups excluding carboxylic acids is 2. The molecule has 1 amide bonds. The summed E-state index contributed by atoms with van der Waals surface area (Å²) in [5.41, 5.74) is 0.930. The third-order valence-corrected chi connectivity index (χ3v) is 2.56. The molecule has 1 N–H and O–H groups in total. The summed E-state index contributed by atoms with van der Waals surface area (Å²) in [6.07, 6.45) is -0.574. The maximum atomic E-state index is 11.4. The van der Waals surface area contributed by atoms with E-state index in [4.69, 9.17) is 4.74 Å². The summed E-state index contributed by atoms with van der Waals surface area (Å²) in [4.78, 5) is 22.4. The number of carbonyl (C=O) groups is 2. The van der Waals surface area contributed by atoms with Gasteiger partial charge in [-0.1, -0.05) is 0 Å². The van der Waals surface area contributed by atoms with E-state index in [1.165, 1.54) is 7.11 Å². The molecule has 0 aromatic heterocycles. The predicted octanol–water partition coefficient (Wildman–Crippen LogP) is 2.80. The Morgan fingerprint density at radius 2 is 2.12 bits per heavy atom. The van der Waals surface area contributed by atoms with E-state index in [-0.39, 0.29) is 0 Å². The molecule has 0 fully saturated rings. The van der Waals surface area contributed by atoms with Gasteiger partial charge < -0.3 is 9.47 Å². The van der Waals surface area contributed by atoms with Gasteiger partial charge >= 0.3 is 12.1 Å². The zero-order valence-corrected chi connectivity index (χ0v) is 11.0. The van der Waals surface area contributed by atoms with Crippen LogP contribution in [0.2, 0.25) is 0 Å². The summed E-state index contributed by atoms with van der Waals surface area (Å²) in [6, 6.07) is 4.73. The normalized spacial score (nSPS) is 9.59. The van der Waals surface area contributed by atoms with Crippen LogP contribution in [0.4, 0.5) is 10.5 Å². The van der Waals surface area contributed by atoms with Crippen molar-refractivity contribution in [3.63, 3.8) is 0 Å². The number of esters is 1. The van der Waals surface area contributed by atoms with Crippen LogP contribution in [-0.4, -0.2) is 25.8 Å². The van der Waals surface area contributed by atoms with Gasteiger partial charge in [0.1, 0.15) is 0 Å². The monoisotopic (exact) mass is 301 g/mol. The van der Waals surface area contributed by atoms with E-state index in [0.29, 0.717) is 22.3 Å². The predicted molar refractivity (Wildman–Crippen MR) is 66.1 cm³/mol. The maximum Gasteiger partial charge on any atom is 0.411 e. The molecule has 0 bridgehead atoms. The first-order valence-electron chi connectivity index (χ1n) is 4.90. The van der Waals surface area contributed by atoms with Crippen LogP contribution in [0.5, 0.6) is 0 Å². The van der Waals surface area contributed by atoms with E-state index in [2.05, 4.69) is 26.0 Å². The number of rotatable bonds is 3. The van der Waals surface area contributed by atoms with Crippen molar-refractivity contribution < 1.29 is 19.1 Å². The number of amides is 1. The van der Waals surface area contributed by atoms with Crippen molar-refractivity contribution in [1.29, 1.82) is 0 Å². The van der Waals surface area contributed by atoms with Crippen LogP contribution in [-0.2, 0) is 9.47 Å². The van der Waals surface area contributed by atoms with Crippen LogP contribution in [0, 0.1) is 0 Å². The average Bonchev–Trinajstić information content (AvgIpc) is 2.31. The molecule has 5 nitrogen and oxygen atoms in total. The van der Waals surface area contributed by atoms with E-state index in [1.54, 1.807) is 25.1 Å². The van der Waals surface area contributed by atoms with Gasteiger partial charge in [0.15, 0.2) is 0 Å². The number of methoxy groups -OCH3 is 1. The maximum absolute atomic E-state index is 11.4. The Labute approximate surface area is 107 Å². The van der Waals surface area contributed by atoms with Gasteiger partial charge in [0.25, 0.3) is 0 Å². The van der Waals surface area contributed by atoms with Crippen LogP contribution < -0.4 is 5.32 Å². The van der Waals surface area contributed by atoms with Crippen LogP contribution >= 0.6 is 15.9 Å². The second kappa shape index (κ2) is 6.24. The highest BCUT2D eigenvalue weighted by Crippen LogP contribution is 2.24. The molecular formula is C11H12BrNO4. The fourth-order valence-corrected chi connectivity index (χ4v) is 1.60. The number of nitrogens with one attached hydrogen (secondary N) is 1.